The quantitative estimate of drug-likeness (QED) is 0.166. The molecule has 2 aliphatic rings. The minimum atomic E-state index is -0.265. The van der Waals surface area contributed by atoms with Crippen molar-refractivity contribution in [3.05, 3.63) is 246 Å². The van der Waals surface area contributed by atoms with Crippen molar-refractivity contribution in [2.45, 2.75) is 31.6 Å². The summed E-state index contributed by atoms with van der Waals surface area (Å²) < 4.78 is 6.78. The molecule has 1 aromatic heterocycles. The number of hydrogen-bond acceptors (Lipinski definition) is 2. The van der Waals surface area contributed by atoms with Gasteiger partial charge in [0.05, 0.1) is 11.1 Å². The summed E-state index contributed by atoms with van der Waals surface area (Å²) in [5.41, 5.74) is 21.5. The van der Waals surface area contributed by atoms with E-state index < -0.39 is 0 Å². The van der Waals surface area contributed by atoms with E-state index in [1.807, 2.05) is 0 Å². The van der Waals surface area contributed by atoms with Crippen LogP contribution in [0.3, 0.4) is 0 Å². The van der Waals surface area contributed by atoms with Gasteiger partial charge in [-0.3, -0.25) is 0 Å². The van der Waals surface area contributed by atoms with Gasteiger partial charge < -0.3 is 9.32 Å². The molecule has 308 valence electrons. The lowest BCUT2D eigenvalue weighted by molar-refractivity contribution is 0.662. The molecular weight excluding hydrogens is 787 g/mol. The average Bonchev–Trinajstić information content (AvgIpc) is 3.96. The molecule has 13 rings (SSSR count). The van der Waals surface area contributed by atoms with Crippen LogP contribution in [0, 0.1) is 0 Å². The normalized spacial score (nSPS) is 15.5. The van der Waals surface area contributed by atoms with Crippen molar-refractivity contribution in [3.63, 3.8) is 0 Å². The van der Waals surface area contributed by atoms with E-state index in [4.69, 9.17) is 4.42 Å². The second-order valence-corrected chi connectivity index (χ2v) is 18.5. The maximum absolute atomic E-state index is 6.78. The van der Waals surface area contributed by atoms with E-state index in [-0.39, 0.29) is 10.8 Å². The molecule has 1 unspecified atom stereocenters. The van der Waals surface area contributed by atoms with Crippen molar-refractivity contribution in [2.24, 2.45) is 0 Å². The third kappa shape index (κ3) is 5.47. The monoisotopic (exact) mass is 831 g/mol. The van der Waals surface area contributed by atoms with Gasteiger partial charge in [0.25, 0.3) is 0 Å². The Morgan fingerprint density at radius 2 is 1.06 bits per heavy atom. The molecule has 0 fully saturated rings. The van der Waals surface area contributed by atoms with Crippen LogP contribution in [-0.2, 0) is 10.8 Å². The molecule has 65 heavy (non-hydrogen) atoms. The molecule has 0 radical (unpaired) electrons. The summed E-state index contributed by atoms with van der Waals surface area (Å²) in [7, 11) is 0. The van der Waals surface area contributed by atoms with Crippen LogP contribution in [0.15, 0.2) is 223 Å². The second kappa shape index (κ2) is 14.0. The van der Waals surface area contributed by atoms with Crippen LogP contribution in [0.5, 0.6) is 0 Å². The molecule has 0 saturated carbocycles. The molecule has 0 bridgehead atoms. The number of rotatable bonds is 6. The molecule has 1 atom stereocenters. The van der Waals surface area contributed by atoms with Gasteiger partial charge in [0, 0.05) is 33.0 Å². The summed E-state index contributed by atoms with van der Waals surface area (Å²) in [6.45, 7) is 7.13. The van der Waals surface area contributed by atoms with E-state index in [1.54, 1.807) is 0 Å². The molecule has 0 aliphatic heterocycles. The number of fused-ring (bicyclic) bond motifs is 11. The third-order valence-corrected chi connectivity index (χ3v) is 14.7. The van der Waals surface area contributed by atoms with Gasteiger partial charge in [0.15, 0.2) is 0 Å². The van der Waals surface area contributed by atoms with E-state index >= 15 is 0 Å². The predicted octanol–water partition coefficient (Wildman–Crippen LogP) is 17.2. The summed E-state index contributed by atoms with van der Waals surface area (Å²) in [4.78, 5) is 2.43. The Hall–Kier alpha value is -7.94. The summed E-state index contributed by atoms with van der Waals surface area (Å²) in [5, 5.41) is 4.49. The maximum atomic E-state index is 6.78. The highest BCUT2D eigenvalue weighted by Gasteiger charge is 2.41. The number of furan rings is 1. The lowest BCUT2D eigenvalue weighted by Gasteiger charge is -2.29. The van der Waals surface area contributed by atoms with E-state index in [1.165, 1.54) is 77.7 Å². The average molecular weight is 832 g/mol. The van der Waals surface area contributed by atoms with Crippen LogP contribution in [0.4, 0.5) is 17.1 Å². The Balaban J connectivity index is 0.977. The molecule has 0 amide bonds. The molecule has 0 spiro atoms. The van der Waals surface area contributed by atoms with Crippen molar-refractivity contribution < 1.29 is 4.42 Å². The molecule has 0 saturated heterocycles. The zero-order valence-corrected chi connectivity index (χ0v) is 36.6. The molecule has 1 heterocycles. The van der Waals surface area contributed by atoms with Gasteiger partial charge in [-0.15, -0.1) is 0 Å². The van der Waals surface area contributed by atoms with Crippen molar-refractivity contribution in [1.82, 2.24) is 0 Å². The second-order valence-electron chi connectivity index (χ2n) is 18.5. The predicted molar refractivity (Wildman–Crippen MR) is 272 cm³/mol. The topological polar surface area (TPSA) is 16.4 Å². The Bertz CT molecular complexity index is 3710. The fourth-order valence-electron chi connectivity index (χ4n) is 11.6. The first kappa shape index (κ1) is 37.6. The Labute approximate surface area is 379 Å². The number of hydrogen-bond donors (Lipinski definition) is 0. The fraction of sp³-hybridized carbons (Fsp3) is 0.0794. The SMILES string of the molecule is CC1(C)c2ccccc2-c2cccc(-c3cccc(N(c4ccc(-c5ccc6c(c5)C(C)(c5ccccc5)c5ccccc5-6)cc4)c4cccc5oc6c7ccccc7ccc6c45)c3)c21. The highest BCUT2D eigenvalue weighted by atomic mass is 16.3. The highest BCUT2D eigenvalue weighted by Crippen LogP contribution is 2.55. The van der Waals surface area contributed by atoms with Gasteiger partial charge in [0.1, 0.15) is 11.2 Å². The number of benzene rings is 10. The van der Waals surface area contributed by atoms with Crippen molar-refractivity contribution in [3.8, 4) is 44.5 Å². The van der Waals surface area contributed by atoms with E-state index in [2.05, 4.69) is 244 Å². The summed E-state index contributed by atoms with van der Waals surface area (Å²) >= 11 is 0. The van der Waals surface area contributed by atoms with Crippen molar-refractivity contribution in [2.75, 3.05) is 4.90 Å². The first-order valence-corrected chi connectivity index (χ1v) is 22.8. The first-order chi connectivity index (χ1) is 31.9. The minimum absolute atomic E-state index is 0.142. The van der Waals surface area contributed by atoms with Crippen LogP contribution in [-0.4, -0.2) is 0 Å². The Kier molecular flexibility index (Phi) is 8.12. The maximum Gasteiger partial charge on any atom is 0.143 e. The molecule has 10 aromatic carbocycles. The van der Waals surface area contributed by atoms with Crippen LogP contribution in [0.25, 0.3) is 77.2 Å². The van der Waals surface area contributed by atoms with E-state index in [0.29, 0.717) is 0 Å². The molecule has 2 aliphatic carbocycles. The van der Waals surface area contributed by atoms with Gasteiger partial charge in [-0.25, -0.2) is 0 Å². The zero-order valence-electron chi connectivity index (χ0n) is 36.6. The van der Waals surface area contributed by atoms with Crippen LogP contribution >= 0.6 is 0 Å². The first-order valence-electron chi connectivity index (χ1n) is 22.8. The van der Waals surface area contributed by atoms with E-state index in [0.717, 1.165) is 44.4 Å². The lowest BCUT2D eigenvalue weighted by Crippen LogP contribution is -2.22. The van der Waals surface area contributed by atoms with Gasteiger partial charge in [-0.1, -0.05) is 184 Å². The third-order valence-electron chi connectivity index (χ3n) is 14.7. The Morgan fingerprint density at radius 1 is 0.400 bits per heavy atom. The summed E-state index contributed by atoms with van der Waals surface area (Å²) in [5.74, 6) is 0. The van der Waals surface area contributed by atoms with Crippen molar-refractivity contribution >= 4 is 49.8 Å². The highest BCUT2D eigenvalue weighted by molar-refractivity contribution is 6.19. The van der Waals surface area contributed by atoms with Gasteiger partial charge in [0.2, 0.25) is 0 Å². The molecular formula is C63H45NO. The fourth-order valence-corrected chi connectivity index (χ4v) is 11.6. The number of nitrogens with zero attached hydrogens (tertiary/aromatic N) is 1. The number of anilines is 3. The van der Waals surface area contributed by atoms with Crippen molar-refractivity contribution in [1.29, 1.82) is 0 Å². The van der Waals surface area contributed by atoms with Gasteiger partial charge in [-0.2, -0.15) is 0 Å². The van der Waals surface area contributed by atoms with Crippen LogP contribution in [0.2, 0.25) is 0 Å². The van der Waals surface area contributed by atoms with Crippen LogP contribution in [0.1, 0.15) is 48.6 Å². The van der Waals surface area contributed by atoms with Gasteiger partial charge in [-0.05, 0) is 133 Å². The Morgan fingerprint density at radius 3 is 1.91 bits per heavy atom. The lowest BCUT2D eigenvalue weighted by atomic mass is 9.74. The standard InChI is InChI=1S/C63H45NO/c1-62(2)54-26-11-9-23-50(54)52-25-14-24-47(60(52)62)43-17-13-20-46(38-43)64(57-28-15-29-58-59(57)53-37-32-41-16-7-8-21-48(41)61(53)65-58)45-34-30-40(31-35-45)42-33-36-51-49-22-10-12-27-55(49)63(3,56(51)39-42)44-18-5-4-6-19-44/h4-39H,1-3H3. The molecule has 0 N–H and O–H groups in total. The minimum Gasteiger partial charge on any atom is -0.455 e. The van der Waals surface area contributed by atoms with Gasteiger partial charge >= 0.3 is 0 Å². The van der Waals surface area contributed by atoms with E-state index in [9.17, 15) is 0 Å². The summed E-state index contributed by atoms with van der Waals surface area (Å²) in [6, 6.07) is 80.4. The molecule has 2 heteroatoms. The van der Waals surface area contributed by atoms with Crippen LogP contribution < -0.4 is 4.90 Å². The summed E-state index contributed by atoms with van der Waals surface area (Å²) in [6.07, 6.45) is 0. The zero-order chi connectivity index (χ0) is 43.4. The smallest absolute Gasteiger partial charge is 0.143 e. The molecule has 2 nitrogen and oxygen atoms in total. The molecule has 11 aromatic rings. The largest absolute Gasteiger partial charge is 0.455 e.